The van der Waals surface area contributed by atoms with Gasteiger partial charge in [0.1, 0.15) is 11.3 Å². The minimum absolute atomic E-state index is 0.525. The molecule has 3 aromatic rings. The van der Waals surface area contributed by atoms with Crippen molar-refractivity contribution in [2.45, 2.75) is 6.92 Å². The number of aryl methyl sites for hydroxylation is 1. The summed E-state index contributed by atoms with van der Waals surface area (Å²) in [5, 5.41) is 5.34. The van der Waals surface area contributed by atoms with Crippen LogP contribution in [0.2, 0.25) is 0 Å². The van der Waals surface area contributed by atoms with Crippen LogP contribution in [0.4, 0.5) is 5.69 Å². The van der Waals surface area contributed by atoms with Gasteiger partial charge in [-0.05, 0) is 36.8 Å². The Morgan fingerprint density at radius 3 is 2.62 bits per heavy atom. The lowest BCUT2D eigenvalue weighted by Crippen LogP contribution is -2.05. The summed E-state index contributed by atoms with van der Waals surface area (Å²) in [6.07, 6.45) is 0. The summed E-state index contributed by atoms with van der Waals surface area (Å²) in [6, 6.07) is 17.4. The van der Waals surface area contributed by atoms with Gasteiger partial charge in [0.2, 0.25) is 5.55 Å². The molecule has 0 aliphatic carbocycles. The minimum atomic E-state index is 0.525. The van der Waals surface area contributed by atoms with E-state index in [2.05, 4.69) is 10.5 Å². The van der Waals surface area contributed by atoms with Crippen molar-refractivity contribution in [2.24, 2.45) is 5.10 Å². The molecular weight excluding hydrogens is 264 g/mol. The summed E-state index contributed by atoms with van der Waals surface area (Å²) in [6.45, 7) is 2.03. The van der Waals surface area contributed by atoms with Gasteiger partial charge >= 0.3 is 0 Å². The number of methoxy groups -OCH3 is 1. The van der Waals surface area contributed by atoms with Gasteiger partial charge in [0.05, 0.1) is 12.8 Å². The fourth-order valence-electron chi connectivity index (χ4n) is 2.13. The summed E-state index contributed by atoms with van der Waals surface area (Å²) < 4.78 is 11.0. The predicted molar refractivity (Wildman–Crippen MR) is 83.1 cm³/mol. The first kappa shape index (κ1) is 13.2. The molecule has 21 heavy (non-hydrogen) atoms. The average Bonchev–Trinajstić information content (AvgIpc) is 2.53. The average molecular weight is 280 g/mol. The molecule has 0 saturated heterocycles. The number of rotatable bonds is 3. The normalized spacial score (nSPS) is 11.6. The highest BCUT2D eigenvalue weighted by Crippen LogP contribution is 2.21. The highest BCUT2D eigenvalue weighted by Gasteiger charge is 2.02. The van der Waals surface area contributed by atoms with Crippen LogP contribution < -0.4 is 15.7 Å². The predicted octanol–water partition coefficient (Wildman–Crippen LogP) is 3.68. The molecule has 106 valence electrons. The number of nitrogens with zero attached hydrogens (tertiary/aromatic N) is 1. The Balaban J connectivity index is 2.02. The van der Waals surface area contributed by atoms with Gasteiger partial charge in [0.25, 0.3) is 0 Å². The van der Waals surface area contributed by atoms with Gasteiger partial charge in [-0.2, -0.15) is 0 Å². The molecule has 0 saturated carbocycles. The Kier molecular flexibility index (Phi) is 3.60. The van der Waals surface area contributed by atoms with Gasteiger partial charge in [-0.25, -0.2) is 0 Å². The molecule has 0 aliphatic heterocycles. The standard InChI is InChI=1S/C17H16N2O2/c1-12-10-17(19-18-13-6-4-3-5-7-13)21-16-11-14(20-2)8-9-15(12)16/h3-11,18H,1-2H3. The Morgan fingerprint density at radius 2 is 1.86 bits per heavy atom. The third kappa shape index (κ3) is 2.89. The van der Waals surface area contributed by atoms with E-state index in [0.717, 1.165) is 28.0 Å². The molecule has 1 heterocycles. The lowest BCUT2D eigenvalue weighted by atomic mass is 10.1. The first-order chi connectivity index (χ1) is 10.3. The first-order valence-electron chi connectivity index (χ1n) is 6.69. The molecule has 0 unspecified atom stereocenters. The van der Waals surface area contributed by atoms with Crippen molar-refractivity contribution in [3.63, 3.8) is 0 Å². The number of ether oxygens (including phenoxy) is 1. The van der Waals surface area contributed by atoms with Gasteiger partial charge in [0, 0.05) is 17.5 Å². The van der Waals surface area contributed by atoms with Crippen LogP contribution in [0.3, 0.4) is 0 Å². The van der Waals surface area contributed by atoms with Crippen LogP contribution in [0.1, 0.15) is 5.56 Å². The molecular formula is C17H16N2O2. The zero-order chi connectivity index (χ0) is 14.7. The van der Waals surface area contributed by atoms with Crippen LogP contribution in [0.25, 0.3) is 11.0 Å². The van der Waals surface area contributed by atoms with Crippen molar-refractivity contribution in [3.05, 3.63) is 65.7 Å². The van der Waals surface area contributed by atoms with Crippen LogP contribution in [0, 0.1) is 6.92 Å². The largest absolute Gasteiger partial charge is 0.497 e. The van der Waals surface area contributed by atoms with Gasteiger partial charge in [-0.15, -0.1) is 5.10 Å². The second-order valence-electron chi connectivity index (χ2n) is 4.72. The highest BCUT2D eigenvalue weighted by atomic mass is 16.5. The van der Waals surface area contributed by atoms with E-state index in [-0.39, 0.29) is 0 Å². The lowest BCUT2D eigenvalue weighted by molar-refractivity contribution is 0.414. The molecule has 3 rings (SSSR count). The maximum Gasteiger partial charge on any atom is 0.236 e. The second kappa shape index (κ2) is 5.71. The van der Waals surface area contributed by atoms with Crippen molar-refractivity contribution in [2.75, 3.05) is 12.5 Å². The van der Waals surface area contributed by atoms with Crippen LogP contribution >= 0.6 is 0 Å². The quantitative estimate of drug-likeness (QED) is 0.744. The zero-order valence-electron chi connectivity index (χ0n) is 12.0. The number of anilines is 1. The summed E-state index contributed by atoms with van der Waals surface area (Å²) in [5.41, 5.74) is 6.28. The molecule has 0 atom stereocenters. The molecule has 0 radical (unpaired) electrons. The van der Waals surface area contributed by atoms with Crippen LogP contribution in [-0.2, 0) is 0 Å². The molecule has 1 N–H and O–H groups in total. The molecule has 1 aromatic heterocycles. The smallest absolute Gasteiger partial charge is 0.236 e. The fraction of sp³-hybridized carbons (Fsp3) is 0.118. The maximum atomic E-state index is 5.80. The van der Waals surface area contributed by atoms with Crippen LogP contribution in [-0.4, -0.2) is 7.11 Å². The number of benzene rings is 2. The fourth-order valence-corrected chi connectivity index (χ4v) is 2.13. The van der Waals surface area contributed by atoms with Crippen molar-refractivity contribution in [1.29, 1.82) is 0 Å². The van der Waals surface area contributed by atoms with E-state index in [9.17, 15) is 0 Å². The minimum Gasteiger partial charge on any atom is -0.497 e. The molecule has 0 amide bonds. The van der Waals surface area contributed by atoms with E-state index in [1.165, 1.54) is 0 Å². The third-order valence-electron chi connectivity index (χ3n) is 3.24. The van der Waals surface area contributed by atoms with E-state index < -0.39 is 0 Å². The topological polar surface area (TPSA) is 46.8 Å². The summed E-state index contributed by atoms with van der Waals surface area (Å²) in [5.74, 6) is 0.763. The Labute approximate surface area is 122 Å². The summed E-state index contributed by atoms with van der Waals surface area (Å²) in [4.78, 5) is 0. The third-order valence-corrected chi connectivity index (χ3v) is 3.24. The van der Waals surface area contributed by atoms with Gasteiger partial charge in [0.15, 0.2) is 0 Å². The van der Waals surface area contributed by atoms with Crippen molar-refractivity contribution >= 4 is 16.7 Å². The van der Waals surface area contributed by atoms with E-state index >= 15 is 0 Å². The van der Waals surface area contributed by atoms with Gasteiger partial charge in [-0.3, -0.25) is 5.43 Å². The number of nitrogens with one attached hydrogen (secondary N) is 1. The lowest BCUT2D eigenvalue weighted by Gasteiger charge is -2.04. The zero-order valence-corrected chi connectivity index (χ0v) is 12.0. The molecule has 0 aliphatic rings. The molecule has 0 bridgehead atoms. The van der Waals surface area contributed by atoms with Crippen LogP contribution in [0.15, 0.2) is 64.1 Å². The second-order valence-corrected chi connectivity index (χ2v) is 4.72. The van der Waals surface area contributed by atoms with Crippen molar-refractivity contribution in [1.82, 2.24) is 0 Å². The molecule has 2 aromatic carbocycles. The monoisotopic (exact) mass is 280 g/mol. The van der Waals surface area contributed by atoms with Gasteiger partial charge < -0.3 is 9.15 Å². The number of fused-ring (bicyclic) bond motifs is 1. The Bertz CT molecular complexity index is 823. The van der Waals surface area contributed by atoms with E-state index in [1.54, 1.807) is 7.11 Å². The Hall–Kier alpha value is -2.75. The highest BCUT2D eigenvalue weighted by molar-refractivity contribution is 5.81. The molecule has 0 spiro atoms. The number of hydrogen-bond donors (Lipinski definition) is 1. The molecule has 4 heteroatoms. The number of para-hydroxylation sites is 1. The molecule has 0 fully saturated rings. The van der Waals surface area contributed by atoms with Gasteiger partial charge in [-0.1, -0.05) is 18.2 Å². The first-order valence-corrected chi connectivity index (χ1v) is 6.69. The SMILES string of the molecule is COc1ccc2c(C)cc(=NNc3ccccc3)oc2c1. The number of hydrogen-bond acceptors (Lipinski definition) is 4. The van der Waals surface area contributed by atoms with Crippen LogP contribution in [0.5, 0.6) is 5.75 Å². The summed E-state index contributed by atoms with van der Waals surface area (Å²) >= 11 is 0. The Morgan fingerprint density at radius 1 is 1.05 bits per heavy atom. The van der Waals surface area contributed by atoms with E-state index in [0.29, 0.717) is 5.55 Å². The van der Waals surface area contributed by atoms with Crippen molar-refractivity contribution < 1.29 is 9.15 Å². The molecule has 4 nitrogen and oxygen atoms in total. The van der Waals surface area contributed by atoms with E-state index in [4.69, 9.17) is 9.15 Å². The van der Waals surface area contributed by atoms with E-state index in [1.807, 2.05) is 61.5 Å². The van der Waals surface area contributed by atoms with Crippen molar-refractivity contribution in [3.8, 4) is 5.75 Å². The summed E-state index contributed by atoms with van der Waals surface area (Å²) in [7, 11) is 1.64. The maximum absolute atomic E-state index is 5.80.